The van der Waals surface area contributed by atoms with E-state index in [4.69, 9.17) is 4.98 Å². The summed E-state index contributed by atoms with van der Waals surface area (Å²) >= 11 is 0. The van der Waals surface area contributed by atoms with Crippen LogP contribution in [0.4, 0.5) is 5.82 Å². The lowest BCUT2D eigenvalue weighted by Crippen LogP contribution is -2.38. The number of hydrogen-bond acceptors (Lipinski definition) is 4. The predicted molar refractivity (Wildman–Crippen MR) is 81.5 cm³/mol. The molecule has 0 spiro atoms. The first-order valence-corrected chi connectivity index (χ1v) is 7.33. The molecule has 1 saturated heterocycles. The first kappa shape index (κ1) is 13.9. The number of piperidine rings is 1. The molecule has 21 heavy (non-hydrogen) atoms. The normalized spacial score (nSPS) is 19.0. The van der Waals surface area contributed by atoms with Gasteiger partial charge in [-0.2, -0.15) is 5.10 Å². The summed E-state index contributed by atoms with van der Waals surface area (Å²) in [4.78, 5) is 20.3. The smallest absolute Gasteiger partial charge is 0.219 e. The Labute approximate surface area is 124 Å². The molecule has 0 aliphatic carbocycles. The monoisotopic (exact) mass is 287 g/mol. The Balaban J connectivity index is 1.98. The number of carbonyl (C=O) groups is 1. The number of aromatic nitrogens is 3. The Hall–Kier alpha value is -2.11. The van der Waals surface area contributed by atoms with E-state index in [0.29, 0.717) is 0 Å². The van der Waals surface area contributed by atoms with E-state index in [1.807, 2.05) is 40.7 Å². The minimum Gasteiger partial charge on any atom is -0.361 e. The van der Waals surface area contributed by atoms with E-state index in [2.05, 4.69) is 5.10 Å². The third kappa shape index (κ3) is 2.57. The average Bonchev–Trinajstić information content (AvgIpc) is 2.94. The Morgan fingerprint density at radius 3 is 2.95 bits per heavy atom. The number of amides is 1. The van der Waals surface area contributed by atoms with Crippen LogP contribution in [0.2, 0.25) is 0 Å². The summed E-state index contributed by atoms with van der Waals surface area (Å²) < 4.78 is 1.88. The van der Waals surface area contributed by atoms with Crippen molar-refractivity contribution in [3.05, 3.63) is 24.2 Å². The molecule has 112 valence electrons. The molecule has 0 saturated carbocycles. The van der Waals surface area contributed by atoms with Crippen molar-refractivity contribution >= 4 is 17.2 Å². The van der Waals surface area contributed by atoms with Gasteiger partial charge in [-0.15, -0.1) is 0 Å². The van der Waals surface area contributed by atoms with Gasteiger partial charge in [0.05, 0.1) is 18.1 Å². The lowest BCUT2D eigenvalue weighted by atomic mass is 9.95. The Morgan fingerprint density at radius 1 is 1.43 bits per heavy atom. The van der Waals surface area contributed by atoms with Gasteiger partial charge in [0.1, 0.15) is 5.52 Å². The maximum atomic E-state index is 11.6. The molecular weight excluding hydrogens is 266 g/mol. The van der Waals surface area contributed by atoms with Crippen LogP contribution in [0, 0.1) is 0 Å². The first-order chi connectivity index (χ1) is 10.1. The largest absolute Gasteiger partial charge is 0.361 e. The molecule has 0 bridgehead atoms. The molecule has 6 heteroatoms. The van der Waals surface area contributed by atoms with Crippen molar-refractivity contribution < 1.29 is 4.79 Å². The number of carbonyl (C=O) groups excluding carboxylic acids is 1. The second-order valence-electron chi connectivity index (χ2n) is 5.85. The fourth-order valence-corrected chi connectivity index (χ4v) is 2.96. The van der Waals surface area contributed by atoms with Crippen LogP contribution in [-0.2, 0) is 4.79 Å². The lowest BCUT2D eigenvalue weighted by molar-refractivity contribution is -0.130. The van der Waals surface area contributed by atoms with Gasteiger partial charge >= 0.3 is 0 Å². The number of nitrogens with zero attached hydrogens (tertiary/aromatic N) is 5. The van der Waals surface area contributed by atoms with Crippen molar-refractivity contribution in [3.8, 4) is 0 Å². The molecule has 6 nitrogen and oxygen atoms in total. The Morgan fingerprint density at radius 2 is 2.24 bits per heavy atom. The van der Waals surface area contributed by atoms with Crippen molar-refractivity contribution in [1.82, 2.24) is 19.5 Å². The highest BCUT2D eigenvalue weighted by molar-refractivity contribution is 5.73. The summed E-state index contributed by atoms with van der Waals surface area (Å²) in [6.45, 7) is 3.25. The molecule has 3 heterocycles. The summed E-state index contributed by atoms with van der Waals surface area (Å²) in [5, 5.41) is 4.34. The molecule has 1 aliphatic heterocycles. The molecule has 2 aromatic heterocycles. The van der Waals surface area contributed by atoms with Crippen LogP contribution in [0.1, 0.15) is 31.4 Å². The van der Waals surface area contributed by atoms with Crippen LogP contribution in [-0.4, -0.2) is 52.6 Å². The fraction of sp³-hybridized carbons (Fsp3) is 0.533. The second-order valence-corrected chi connectivity index (χ2v) is 5.85. The van der Waals surface area contributed by atoms with E-state index in [9.17, 15) is 4.79 Å². The average molecular weight is 287 g/mol. The number of likely N-dealkylation sites (tertiary alicyclic amines) is 1. The molecule has 0 aromatic carbocycles. The Kier molecular flexibility index (Phi) is 3.53. The first-order valence-electron chi connectivity index (χ1n) is 7.33. The van der Waals surface area contributed by atoms with Gasteiger partial charge in [0.25, 0.3) is 0 Å². The van der Waals surface area contributed by atoms with Crippen molar-refractivity contribution in [2.24, 2.45) is 0 Å². The quantitative estimate of drug-likeness (QED) is 0.840. The van der Waals surface area contributed by atoms with Crippen molar-refractivity contribution in [2.45, 2.75) is 25.7 Å². The molecule has 2 aromatic rings. The van der Waals surface area contributed by atoms with Gasteiger partial charge in [0.2, 0.25) is 5.91 Å². The molecule has 3 rings (SSSR count). The third-order valence-electron chi connectivity index (χ3n) is 4.10. The molecular formula is C15H21N5O. The zero-order valence-corrected chi connectivity index (χ0v) is 12.8. The Bertz CT molecular complexity index is 663. The van der Waals surface area contributed by atoms with Gasteiger partial charge < -0.3 is 9.80 Å². The highest BCUT2D eigenvalue weighted by Gasteiger charge is 2.25. The highest BCUT2D eigenvalue weighted by Crippen LogP contribution is 2.28. The predicted octanol–water partition coefficient (Wildman–Crippen LogP) is 1.52. The minimum absolute atomic E-state index is 0.146. The summed E-state index contributed by atoms with van der Waals surface area (Å²) in [6, 6.07) is 1.97. The van der Waals surface area contributed by atoms with Gasteiger partial charge in [-0.05, 0) is 18.9 Å². The molecule has 1 fully saturated rings. The van der Waals surface area contributed by atoms with Crippen molar-refractivity contribution in [3.63, 3.8) is 0 Å². The fourth-order valence-electron chi connectivity index (χ4n) is 2.96. The van der Waals surface area contributed by atoms with E-state index >= 15 is 0 Å². The van der Waals surface area contributed by atoms with Gasteiger partial charge in [-0.25, -0.2) is 9.50 Å². The standard InChI is InChI=1S/C15H21N5O/c1-11(21)19-8-4-5-12(9-19)13-10-20-14(6-7-16-20)15(17-13)18(2)3/h6-7,10,12H,4-5,8-9H2,1-3H3/t12-/m1/s1. The number of fused-ring (bicyclic) bond motifs is 1. The maximum Gasteiger partial charge on any atom is 0.219 e. The van der Waals surface area contributed by atoms with Crippen LogP contribution in [0.5, 0.6) is 0 Å². The summed E-state index contributed by atoms with van der Waals surface area (Å²) in [7, 11) is 3.98. The third-order valence-corrected chi connectivity index (χ3v) is 4.10. The van der Waals surface area contributed by atoms with E-state index in [-0.39, 0.29) is 11.8 Å². The van der Waals surface area contributed by atoms with E-state index in [0.717, 1.165) is 43.0 Å². The molecule has 1 aliphatic rings. The number of anilines is 1. The van der Waals surface area contributed by atoms with Gasteiger partial charge in [-0.1, -0.05) is 0 Å². The van der Waals surface area contributed by atoms with Crippen molar-refractivity contribution in [2.75, 3.05) is 32.1 Å². The molecule has 0 unspecified atom stereocenters. The van der Waals surface area contributed by atoms with E-state index < -0.39 is 0 Å². The van der Waals surface area contributed by atoms with Gasteiger partial charge in [-0.3, -0.25) is 4.79 Å². The molecule has 1 atom stereocenters. The molecule has 1 amide bonds. The summed E-state index contributed by atoms with van der Waals surface area (Å²) in [6.07, 6.45) is 5.88. The zero-order valence-electron chi connectivity index (χ0n) is 12.8. The molecule has 0 radical (unpaired) electrons. The van der Waals surface area contributed by atoms with Crippen LogP contribution in [0.3, 0.4) is 0 Å². The van der Waals surface area contributed by atoms with Crippen LogP contribution in [0.15, 0.2) is 18.5 Å². The minimum atomic E-state index is 0.146. The van der Waals surface area contributed by atoms with E-state index in [1.165, 1.54) is 0 Å². The lowest BCUT2D eigenvalue weighted by Gasteiger charge is -2.32. The second kappa shape index (κ2) is 5.35. The molecule has 0 N–H and O–H groups in total. The van der Waals surface area contributed by atoms with Crippen LogP contribution < -0.4 is 4.90 Å². The number of rotatable bonds is 2. The van der Waals surface area contributed by atoms with Gasteiger partial charge in [0, 0.05) is 40.0 Å². The topological polar surface area (TPSA) is 53.7 Å². The van der Waals surface area contributed by atoms with Gasteiger partial charge in [0.15, 0.2) is 5.82 Å². The zero-order chi connectivity index (χ0) is 15.0. The van der Waals surface area contributed by atoms with Crippen LogP contribution in [0.25, 0.3) is 5.52 Å². The summed E-state index contributed by atoms with van der Waals surface area (Å²) in [5.41, 5.74) is 2.02. The SMILES string of the molecule is CC(=O)N1CCC[C@@H](c2cn3nccc3c(N(C)C)n2)C1. The highest BCUT2D eigenvalue weighted by atomic mass is 16.2. The summed E-state index contributed by atoms with van der Waals surface area (Å²) in [5.74, 6) is 1.35. The van der Waals surface area contributed by atoms with Crippen LogP contribution >= 0.6 is 0 Å². The number of hydrogen-bond donors (Lipinski definition) is 0. The maximum absolute atomic E-state index is 11.6. The van der Waals surface area contributed by atoms with E-state index in [1.54, 1.807) is 13.1 Å². The van der Waals surface area contributed by atoms with Crippen molar-refractivity contribution in [1.29, 1.82) is 0 Å².